The number of aromatic nitrogens is 2. The largest absolute Gasteiger partial charge is 0.492 e. The highest BCUT2D eigenvalue weighted by Crippen LogP contribution is 2.32. The molecule has 170 valence electrons. The van der Waals surface area contributed by atoms with Crippen LogP contribution in [-0.2, 0) is 6.42 Å². The predicted octanol–water partition coefficient (Wildman–Crippen LogP) is 5.54. The molecule has 1 saturated heterocycles. The molecule has 1 aliphatic heterocycles. The molecule has 0 atom stereocenters. The SMILES string of the molecule is CC1=Cc2c(ccc(Nc3ccnc(Nc4cccc(OCCN5CCCC5)c4)n3)c2F)C1. The van der Waals surface area contributed by atoms with Gasteiger partial charge in [-0.2, -0.15) is 4.98 Å². The number of benzene rings is 2. The molecule has 2 aromatic carbocycles. The van der Waals surface area contributed by atoms with Gasteiger partial charge in [0.05, 0.1) is 5.69 Å². The first-order valence-electron chi connectivity index (χ1n) is 11.4. The molecule has 1 aliphatic carbocycles. The second-order valence-corrected chi connectivity index (χ2v) is 8.61. The summed E-state index contributed by atoms with van der Waals surface area (Å²) in [6, 6.07) is 13.2. The maximum atomic E-state index is 14.9. The number of rotatable bonds is 8. The third-order valence-electron chi connectivity index (χ3n) is 6.01. The lowest BCUT2D eigenvalue weighted by atomic mass is 10.1. The van der Waals surface area contributed by atoms with E-state index in [4.69, 9.17) is 4.74 Å². The van der Waals surface area contributed by atoms with Crippen molar-refractivity contribution < 1.29 is 9.13 Å². The first-order chi connectivity index (χ1) is 16.1. The van der Waals surface area contributed by atoms with Gasteiger partial charge in [0.2, 0.25) is 5.95 Å². The van der Waals surface area contributed by atoms with Crippen LogP contribution in [0.3, 0.4) is 0 Å². The van der Waals surface area contributed by atoms with E-state index >= 15 is 0 Å². The zero-order chi connectivity index (χ0) is 22.6. The summed E-state index contributed by atoms with van der Waals surface area (Å²) in [5.74, 6) is 1.49. The number of nitrogens with zero attached hydrogens (tertiary/aromatic N) is 3. The smallest absolute Gasteiger partial charge is 0.229 e. The molecule has 0 bridgehead atoms. The average molecular weight is 446 g/mol. The van der Waals surface area contributed by atoms with E-state index in [9.17, 15) is 4.39 Å². The van der Waals surface area contributed by atoms with Crippen LogP contribution < -0.4 is 15.4 Å². The van der Waals surface area contributed by atoms with Crippen LogP contribution in [-0.4, -0.2) is 41.1 Å². The number of ether oxygens (including phenoxy) is 1. The molecular weight excluding hydrogens is 417 g/mol. The maximum Gasteiger partial charge on any atom is 0.229 e. The van der Waals surface area contributed by atoms with Crippen LogP contribution in [0, 0.1) is 5.82 Å². The molecule has 0 saturated carbocycles. The van der Waals surface area contributed by atoms with Crippen LogP contribution in [0.1, 0.15) is 30.9 Å². The van der Waals surface area contributed by atoms with Crippen molar-refractivity contribution in [3.8, 4) is 5.75 Å². The van der Waals surface area contributed by atoms with E-state index < -0.39 is 0 Å². The Kier molecular flexibility index (Phi) is 6.21. The van der Waals surface area contributed by atoms with Crippen molar-refractivity contribution in [2.24, 2.45) is 0 Å². The molecule has 0 spiro atoms. The summed E-state index contributed by atoms with van der Waals surface area (Å²) in [5.41, 5.74) is 4.07. The highest BCUT2D eigenvalue weighted by molar-refractivity contribution is 5.71. The van der Waals surface area contributed by atoms with E-state index in [0.29, 0.717) is 29.6 Å². The number of halogens is 1. The van der Waals surface area contributed by atoms with E-state index in [2.05, 4.69) is 25.5 Å². The molecule has 2 aliphatic rings. The normalized spacial score (nSPS) is 15.3. The minimum Gasteiger partial charge on any atom is -0.492 e. The third-order valence-corrected chi connectivity index (χ3v) is 6.01. The van der Waals surface area contributed by atoms with E-state index in [0.717, 1.165) is 35.5 Å². The van der Waals surface area contributed by atoms with E-state index in [1.165, 1.54) is 25.9 Å². The summed E-state index contributed by atoms with van der Waals surface area (Å²) in [6.45, 7) is 5.96. The fourth-order valence-corrected chi connectivity index (χ4v) is 4.36. The highest BCUT2D eigenvalue weighted by atomic mass is 19.1. The van der Waals surface area contributed by atoms with Gasteiger partial charge in [0.25, 0.3) is 0 Å². The standard InChI is InChI=1S/C26H28FN5O/c1-18-15-19-7-8-23(25(27)22(19)16-18)30-24-9-10-28-26(31-24)29-20-5-4-6-21(17-20)33-14-13-32-11-2-3-12-32/h4-10,16-17H,2-3,11-15H2,1H3,(H2,28,29,30,31). The summed E-state index contributed by atoms with van der Waals surface area (Å²) in [5, 5.41) is 6.29. The second kappa shape index (κ2) is 9.58. The van der Waals surface area contributed by atoms with E-state index in [-0.39, 0.29) is 5.82 Å². The van der Waals surface area contributed by atoms with Gasteiger partial charge in [-0.3, -0.25) is 4.90 Å². The molecule has 2 heterocycles. The van der Waals surface area contributed by atoms with Crippen molar-refractivity contribution in [2.75, 3.05) is 36.9 Å². The van der Waals surface area contributed by atoms with Crippen molar-refractivity contribution in [3.63, 3.8) is 0 Å². The van der Waals surface area contributed by atoms with Crippen molar-refractivity contribution in [2.45, 2.75) is 26.2 Å². The van der Waals surface area contributed by atoms with Gasteiger partial charge in [-0.25, -0.2) is 9.37 Å². The Labute approximate surface area is 193 Å². The zero-order valence-electron chi connectivity index (χ0n) is 18.8. The van der Waals surface area contributed by atoms with Gasteiger partial charge < -0.3 is 15.4 Å². The zero-order valence-corrected chi connectivity index (χ0v) is 18.8. The average Bonchev–Trinajstić information content (AvgIpc) is 3.46. The lowest BCUT2D eigenvalue weighted by molar-refractivity contribution is 0.238. The van der Waals surface area contributed by atoms with E-state index in [1.807, 2.05) is 43.3 Å². The van der Waals surface area contributed by atoms with Crippen molar-refractivity contribution in [3.05, 3.63) is 71.2 Å². The molecule has 33 heavy (non-hydrogen) atoms. The van der Waals surface area contributed by atoms with Crippen molar-refractivity contribution in [1.29, 1.82) is 0 Å². The summed E-state index contributed by atoms with van der Waals surface area (Å²) in [4.78, 5) is 11.2. The number of hydrogen-bond donors (Lipinski definition) is 2. The highest BCUT2D eigenvalue weighted by Gasteiger charge is 2.17. The van der Waals surface area contributed by atoms with Gasteiger partial charge in [-0.05, 0) is 69.1 Å². The van der Waals surface area contributed by atoms with Crippen molar-refractivity contribution >= 4 is 29.2 Å². The lowest BCUT2D eigenvalue weighted by Gasteiger charge is -2.15. The Balaban J connectivity index is 1.23. The Morgan fingerprint density at radius 1 is 1.09 bits per heavy atom. The first-order valence-corrected chi connectivity index (χ1v) is 11.4. The molecule has 0 amide bonds. The molecule has 7 heteroatoms. The topological polar surface area (TPSA) is 62.3 Å². The number of fused-ring (bicyclic) bond motifs is 1. The Bertz CT molecular complexity index is 1170. The molecule has 6 nitrogen and oxygen atoms in total. The van der Waals surface area contributed by atoms with Crippen LogP contribution in [0.2, 0.25) is 0 Å². The number of nitrogens with one attached hydrogen (secondary N) is 2. The summed E-state index contributed by atoms with van der Waals surface area (Å²) in [7, 11) is 0. The van der Waals surface area contributed by atoms with Crippen LogP contribution in [0.25, 0.3) is 6.08 Å². The van der Waals surface area contributed by atoms with E-state index in [1.54, 1.807) is 18.3 Å². The first kappa shape index (κ1) is 21.4. The molecule has 3 aromatic rings. The van der Waals surface area contributed by atoms with Gasteiger partial charge in [0, 0.05) is 30.1 Å². The molecule has 2 N–H and O–H groups in total. The molecule has 1 aromatic heterocycles. The van der Waals surface area contributed by atoms with Crippen LogP contribution in [0.15, 0.2) is 54.2 Å². The minimum atomic E-state index is -0.253. The molecule has 0 unspecified atom stereocenters. The van der Waals surface area contributed by atoms with Gasteiger partial charge in [-0.15, -0.1) is 0 Å². The monoisotopic (exact) mass is 445 g/mol. The number of hydrogen-bond acceptors (Lipinski definition) is 6. The van der Waals surface area contributed by atoms with Gasteiger partial charge in [-0.1, -0.05) is 23.8 Å². The number of likely N-dealkylation sites (tertiary alicyclic amines) is 1. The molecule has 5 rings (SSSR count). The third kappa shape index (κ3) is 5.14. The quantitative estimate of drug-likeness (QED) is 0.475. The lowest BCUT2D eigenvalue weighted by Crippen LogP contribution is -2.25. The van der Waals surface area contributed by atoms with Crippen LogP contribution in [0.4, 0.5) is 27.5 Å². The van der Waals surface area contributed by atoms with Gasteiger partial charge in [0.15, 0.2) is 5.82 Å². The Hall–Kier alpha value is -3.45. The van der Waals surface area contributed by atoms with Crippen molar-refractivity contribution in [1.82, 2.24) is 14.9 Å². The molecule has 1 fully saturated rings. The Morgan fingerprint density at radius 2 is 1.97 bits per heavy atom. The summed E-state index contributed by atoms with van der Waals surface area (Å²) in [6.07, 6.45) is 6.91. The van der Waals surface area contributed by atoms with Crippen LogP contribution in [0.5, 0.6) is 5.75 Å². The minimum absolute atomic E-state index is 0.253. The second-order valence-electron chi connectivity index (χ2n) is 8.61. The fraction of sp³-hybridized carbons (Fsp3) is 0.308. The Morgan fingerprint density at radius 3 is 2.85 bits per heavy atom. The predicted molar refractivity (Wildman–Crippen MR) is 130 cm³/mol. The maximum absolute atomic E-state index is 14.9. The molecular formula is C26H28FN5O. The fourth-order valence-electron chi connectivity index (χ4n) is 4.36. The summed E-state index contributed by atoms with van der Waals surface area (Å²) < 4.78 is 20.9. The number of allylic oxidation sites excluding steroid dienone is 1. The molecule has 0 radical (unpaired) electrons. The summed E-state index contributed by atoms with van der Waals surface area (Å²) >= 11 is 0. The van der Waals surface area contributed by atoms with Gasteiger partial charge >= 0.3 is 0 Å². The number of anilines is 4. The van der Waals surface area contributed by atoms with Crippen LogP contribution >= 0.6 is 0 Å². The van der Waals surface area contributed by atoms with Gasteiger partial charge in [0.1, 0.15) is 18.2 Å².